The van der Waals surface area contributed by atoms with Crippen LogP contribution in [0.2, 0.25) is 10.0 Å². The Morgan fingerprint density at radius 1 is 1.17 bits per heavy atom. The number of rotatable bonds is 4. The summed E-state index contributed by atoms with van der Waals surface area (Å²) in [7, 11) is 0. The normalized spacial score (nSPS) is 10.6. The van der Waals surface area contributed by atoms with Gasteiger partial charge in [0.15, 0.2) is 5.82 Å². The first-order valence-corrected chi connectivity index (χ1v) is 7.92. The molecule has 1 heterocycles. The number of anilines is 1. The molecule has 0 saturated carbocycles. The van der Waals surface area contributed by atoms with Crippen LogP contribution in [0.5, 0.6) is 0 Å². The highest BCUT2D eigenvalue weighted by molar-refractivity contribution is 6.33. The van der Waals surface area contributed by atoms with E-state index >= 15 is 0 Å². The van der Waals surface area contributed by atoms with Crippen LogP contribution in [0.4, 0.5) is 5.69 Å². The summed E-state index contributed by atoms with van der Waals surface area (Å²) < 4.78 is 5.17. The van der Waals surface area contributed by atoms with Crippen LogP contribution in [-0.2, 0) is 11.2 Å². The van der Waals surface area contributed by atoms with E-state index in [0.29, 0.717) is 21.3 Å². The fourth-order valence-corrected chi connectivity index (χ4v) is 2.49. The lowest BCUT2D eigenvalue weighted by atomic mass is 10.2. The molecule has 7 heteroatoms. The zero-order valence-electron chi connectivity index (χ0n) is 12.7. The van der Waals surface area contributed by atoms with E-state index in [1.165, 1.54) is 0 Å². The van der Waals surface area contributed by atoms with Crippen molar-refractivity contribution in [3.8, 4) is 11.5 Å². The van der Waals surface area contributed by atoms with Crippen molar-refractivity contribution in [3.05, 3.63) is 63.9 Å². The van der Waals surface area contributed by atoms with E-state index in [-0.39, 0.29) is 24.0 Å². The van der Waals surface area contributed by atoms with Gasteiger partial charge in [0, 0.05) is 10.7 Å². The predicted molar refractivity (Wildman–Crippen MR) is 93.3 cm³/mol. The highest BCUT2D eigenvalue weighted by Gasteiger charge is 2.14. The highest BCUT2D eigenvalue weighted by Crippen LogP contribution is 2.26. The van der Waals surface area contributed by atoms with Crippen molar-refractivity contribution >= 4 is 34.8 Å². The highest BCUT2D eigenvalue weighted by atomic mass is 35.5. The smallest absolute Gasteiger partial charge is 0.259 e. The SMILES string of the molecule is Cc1ccc(NC(=O)Cc2noc(-c3ccccc3Cl)n2)cc1Cl. The largest absolute Gasteiger partial charge is 0.334 e. The zero-order valence-corrected chi connectivity index (χ0v) is 14.2. The predicted octanol–water partition coefficient (Wildman–Crippen LogP) is 4.53. The lowest BCUT2D eigenvalue weighted by Crippen LogP contribution is -2.15. The maximum Gasteiger partial charge on any atom is 0.259 e. The van der Waals surface area contributed by atoms with E-state index in [0.717, 1.165) is 5.56 Å². The molecule has 0 radical (unpaired) electrons. The lowest BCUT2D eigenvalue weighted by Gasteiger charge is -2.05. The molecule has 122 valence electrons. The van der Waals surface area contributed by atoms with Gasteiger partial charge in [0.05, 0.1) is 17.0 Å². The first-order chi connectivity index (χ1) is 11.5. The fraction of sp³-hybridized carbons (Fsp3) is 0.118. The number of carbonyl (C=O) groups excluding carboxylic acids is 1. The van der Waals surface area contributed by atoms with E-state index in [1.54, 1.807) is 24.3 Å². The number of hydrogen-bond donors (Lipinski definition) is 1. The fourth-order valence-electron chi connectivity index (χ4n) is 2.09. The van der Waals surface area contributed by atoms with Crippen LogP contribution >= 0.6 is 23.2 Å². The molecule has 0 bridgehead atoms. The molecular weight excluding hydrogens is 349 g/mol. The van der Waals surface area contributed by atoms with Crippen LogP contribution in [-0.4, -0.2) is 16.0 Å². The summed E-state index contributed by atoms with van der Waals surface area (Å²) in [5.74, 6) is 0.295. The Kier molecular flexibility index (Phi) is 4.83. The average molecular weight is 362 g/mol. The van der Waals surface area contributed by atoms with Gasteiger partial charge in [-0.25, -0.2) is 0 Å². The van der Waals surface area contributed by atoms with Gasteiger partial charge < -0.3 is 9.84 Å². The monoisotopic (exact) mass is 361 g/mol. The van der Waals surface area contributed by atoms with Crippen molar-refractivity contribution < 1.29 is 9.32 Å². The molecule has 0 saturated heterocycles. The van der Waals surface area contributed by atoms with Gasteiger partial charge in [-0.2, -0.15) is 4.98 Å². The van der Waals surface area contributed by atoms with Crippen LogP contribution in [0.1, 0.15) is 11.4 Å². The molecule has 1 N–H and O–H groups in total. The molecule has 0 fully saturated rings. The third kappa shape index (κ3) is 3.75. The van der Waals surface area contributed by atoms with Gasteiger partial charge in [-0.05, 0) is 36.8 Å². The second-order valence-electron chi connectivity index (χ2n) is 5.18. The van der Waals surface area contributed by atoms with Crippen molar-refractivity contribution in [2.24, 2.45) is 0 Å². The molecule has 0 spiro atoms. The topological polar surface area (TPSA) is 68.0 Å². The molecule has 3 aromatic rings. The number of halogens is 2. The third-order valence-corrected chi connectivity index (χ3v) is 4.08. The summed E-state index contributed by atoms with van der Waals surface area (Å²) in [6.07, 6.45) is -0.0144. The Balaban J connectivity index is 1.69. The Morgan fingerprint density at radius 2 is 1.96 bits per heavy atom. The molecular formula is C17H13Cl2N3O2. The summed E-state index contributed by atoms with van der Waals surface area (Å²) in [5.41, 5.74) is 2.19. The van der Waals surface area contributed by atoms with Crippen molar-refractivity contribution in [2.75, 3.05) is 5.32 Å². The first kappa shape index (κ1) is 16.5. The lowest BCUT2D eigenvalue weighted by molar-refractivity contribution is -0.115. The summed E-state index contributed by atoms with van der Waals surface area (Å²) in [4.78, 5) is 16.3. The van der Waals surface area contributed by atoms with Crippen LogP contribution in [0.15, 0.2) is 47.0 Å². The molecule has 0 aliphatic rings. The molecule has 0 aliphatic carbocycles. The maximum atomic E-state index is 12.1. The van der Waals surface area contributed by atoms with Crippen LogP contribution in [0.25, 0.3) is 11.5 Å². The Hall–Kier alpha value is -2.37. The van der Waals surface area contributed by atoms with Crippen molar-refractivity contribution in [2.45, 2.75) is 13.3 Å². The van der Waals surface area contributed by atoms with Crippen molar-refractivity contribution in [1.82, 2.24) is 10.1 Å². The van der Waals surface area contributed by atoms with Crippen molar-refractivity contribution in [1.29, 1.82) is 0 Å². The molecule has 2 aromatic carbocycles. The minimum absolute atomic E-state index is 0.0144. The second kappa shape index (κ2) is 7.03. The minimum atomic E-state index is -0.263. The van der Waals surface area contributed by atoms with E-state index in [9.17, 15) is 4.79 Å². The number of carbonyl (C=O) groups is 1. The molecule has 24 heavy (non-hydrogen) atoms. The van der Waals surface area contributed by atoms with E-state index in [4.69, 9.17) is 27.7 Å². The maximum absolute atomic E-state index is 12.1. The Morgan fingerprint density at radius 3 is 2.71 bits per heavy atom. The van der Waals surface area contributed by atoms with Gasteiger partial charge in [-0.3, -0.25) is 4.79 Å². The van der Waals surface area contributed by atoms with Gasteiger partial charge in [0.1, 0.15) is 0 Å². The quantitative estimate of drug-likeness (QED) is 0.740. The van der Waals surface area contributed by atoms with Crippen LogP contribution < -0.4 is 5.32 Å². The van der Waals surface area contributed by atoms with Crippen molar-refractivity contribution in [3.63, 3.8) is 0 Å². The van der Waals surface area contributed by atoms with E-state index in [2.05, 4.69) is 15.5 Å². The van der Waals surface area contributed by atoms with Gasteiger partial charge in [-0.15, -0.1) is 0 Å². The number of aryl methyl sites for hydroxylation is 1. The summed E-state index contributed by atoms with van der Waals surface area (Å²) in [6, 6.07) is 12.4. The Labute approximate surface area is 148 Å². The minimum Gasteiger partial charge on any atom is -0.334 e. The Bertz CT molecular complexity index is 893. The summed E-state index contributed by atoms with van der Waals surface area (Å²) in [6.45, 7) is 1.89. The van der Waals surface area contributed by atoms with Crippen LogP contribution in [0, 0.1) is 6.92 Å². The number of hydrogen-bond acceptors (Lipinski definition) is 4. The summed E-state index contributed by atoms with van der Waals surface area (Å²) in [5, 5.41) is 7.66. The zero-order chi connectivity index (χ0) is 17.1. The van der Waals surface area contributed by atoms with Gasteiger partial charge in [0.2, 0.25) is 5.91 Å². The standard InChI is InChI=1S/C17H13Cl2N3O2/c1-10-6-7-11(8-14(10)19)20-16(23)9-15-21-17(24-22-15)12-4-2-3-5-13(12)18/h2-8H,9H2,1H3,(H,20,23). The summed E-state index contributed by atoms with van der Waals surface area (Å²) >= 11 is 12.1. The van der Waals surface area contributed by atoms with E-state index in [1.807, 2.05) is 25.1 Å². The number of nitrogens with zero attached hydrogens (tertiary/aromatic N) is 2. The molecule has 0 atom stereocenters. The van der Waals surface area contributed by atoms with Gasteiger partial charge in [-0.1, -0.05) is 46.6 Å². The first-order valence-electron chi connectivity index (χ1n) is 7.16. The average Bonchev–Trinajstić information content (AvgIpc) is 2.99. The third-order valence-electron chi connectivity index (χ3n) is 3.35. The molecule has 5 nitrogen and oxygen atoms in total. The van der Waals surface area contributed by atoms with E-state index < -0.39 is 0 Å². The molecule has 0 unspecified atom stereocenters. The number of aromatic nitrogens is 2. The van der Waals surface area contributed by atoms with Crippen LogP contribution in [0.3, 0.4) is 0 Å². The molecule has 3 rings (SSSR count). The second-order valence-corrected chi connectivity index (χ2v) is 6.00. The molecule has 1 amide bonds. The van der Waals surface area contributed by atoms with Gasteiger partial charge >= 0.3 is 0 Å². The number of benzene rings is 2. The molecule has 1 aromatic heterocycles. The van der Waals surface area contributed by atoms with Gasteiger partial charge in [0.25, 0.3) is 5.89 Å². The molecule has 0 aliphatic heterocycles. The number of amides is 1. The number of nitrogens with one attached hydrogen (secondary N) is 1.